The van der Waals surface area contributed by atoms with Crippen LogP contribution in [0, 0.1) is 19.8 Å². The number of rotatable bonds is 6. The zero-order chi connectivity index (χ0) is 13.7. The van der Waals surface area contributed by atoms with Crippen LogP contribution in [0.2, 0.25) is 0 Å². The van der Waals surface area contributed by atoms with Gasteiger partial charge in [0.05, 0.1) is 6.61 Å². The Balaban J connectivity index is 2.81. The van der Waals surface area contributed by atoms with Crippen molar-refractivity contribution < 1.29 is 4.74 Å². The van der Waals surface area contributed by atoms with E-state index in [9.17, 15) is 0 Å². The van der Waals surface area contributed by atoms with Crippen LogP contribution in [0.15, 0.2) is 12.1 Å². The van der Waals surface area contributed by atoms with E-state index in [0.717, 1.165) is 25.2 Å². The van der Waals surface area contributed by atoms with Crippen molar-refractivity contribution >= 4 is 0 Å². The van der Waals surface area contributed by atoms with Gasteiger partial charge in [0.15, 0.2) is 0 Å². The molecule has 2 nitrogen and oxygen atoms in total. The number of hydrogen-bond acceptors (Lipinski definition) is 2. The maximum atomic E-state index is 5.86. The summed E-state index contributed by atoms with van der Waals surface area (Å²) in [6.07, 6.45) is 2.17. The van der Waals surface area contributed by atoms with Gasteiger partial charge < -0.3 is 10.5 Å². The molecule has 2 heteroatoms. The Hall–Kier alpha value is -1.02. The van der Waals surface area contributed by atoms with Gasteiger partial charge in [-0.3, -0.25) is 0 Å². The van der Waals surface area contributed by atoms with E-state index in [-0.39, 0.29) is 6.04 Å². The zero-order valence-electron chi connectivity index (χ0n) is 12.4. The van der Waals surface area contributed by atoms with E-state index < -0.39 is 0 Å². The van der Waals surface area contributed by atoms with E-state index >= 15 is 0 Å². The van der Waals surface area contributed by atoms with Crippen LogP contribution in [0.25, 0.3) is 0 Å². The summed E-state index contributed by atoms with van der Waals surface area (Å²) in [5, 5.41) is 0. The lowest BCUT2D eigenvalue weighted by Gasteiger charge is -2.17. The summed E-state index contributed by atoms with van der Waals surface area (Å²) in [5.41, 5.74) is 9.83. The van der Waals surface area contributed by atoms with E-state index in [1.807, 2.05) is 6.92 Å². The number of aryl methyl sites for hydroxylation is 2. The second kappa shape index (κ2) is 6.79. The third-order valence-electron chi connectivity index (χ3n) is 3.28. The predicted molar refractivity (Wildman–Crippen MR) is 78.2 cm³/mol. The van der Waals surface area contributed by atoms with Crippen LogP contribution in [-0.4, -0.2) is 12.6 Å². The Labute approximate surface area is 112 Å². The molecule has 18 heavy (non-hydrogen) atoms. The molecule has 0 aliphatic carbocycles. The van der Waals surface area contributed by atoms with E-state index in [1.54, 1.807) is 0 Å². The zero-order valence-corrected chi connectivity index (χ0v) is 12.4. The first-order valence-corrected chi connectivity index (χ1v) is 6.92. The molecule has 1 aromatic carbocycles. The maximum Gasteiger partial charge on any atom is 0.122 e. The fraction of sp³-hybridized carbons (Fsp3) is 0.625. The molecule has 0 amide bonds. The highest BCUT2D eigenvalue weighted by molar-refractivity contribution is 5.41. The van der Waals surface area contributed by atoms with Crippen LogP contribution < -0.4 is 10.5 Å². The molecule has 2 atom stereocenters. The van der Waals surface area contributed by atoms with E-state index in [0.29, 0.717) is 5.92 Å². The molecular weight excluding hydrogens is 222 g/mol. The van der Waals surface area contributed by atoms with Gasteiger partial charge in [-0.15, -0.1) is 0 Å². The van der Waals surface area contributed by atoms with Crippen molar-refractivity contribution in [3.63, 3.8) is 0 Å². The molecule has 0 aliphatic rings. The molecule has 0 fully saturated rings. The third kappa shape index (κ3) is 4.34. The monoisotopic (exact) mass is 249 g/mol. The number of benzene rings is 1. The lowest BCUT2D eigenvalue weighted by Crippen LogP contribution is -2.19. The highest BCUT2D eigenvalue weighted by atomic mass is 16.5. The van der Waals surface area contributed by atoms with Gasteiger partial charge in [-0.1, -0.05) is 13.0 Å². The summed E-state index contributed by atoms with van der Waals surface area (Å²) in [5.74, 6) is 1.64. The second-order valence-electron chi connectivity index (χ2n) is 5.50. The van der Waals surface area contributed by atoms with Crippen LogP contribution in [0.4, 0.5) is 0 Å². The molecule has 0 saturated carbocycles. The first-order valence-electron chi connectivity index (χ1n) is 6.92. The highest BCUT2D eigenvalue weighted by Gasteiger charge is 2.10. The third-order valence-corrected chi connectivity index (χ3v) is 3.28. The Morgan fingerprint density at radius 1 is 1.17 bits per heavy atom. The van der Waals surface area contributed by atoms with Crippen molar-refractivity contribution in [3.05, 3.63) is 28.8 Å². The minimum atomic E-state index is 0.282. The molecule has 0 aliphatic heterocycles. The van der Waals surface area contributed by atoms with Gasteiger partial charge in [0.25, 0.3) is 0 Å². The van der Waals surface area contributed by atoms with Gasteiger partial charge in [-0.2, -0.15) is 0 Å². The van der Waals surface area contributed by atoms with Crippen LogP contribution >= 0.6 is 0 Å². The second-order valence-corrected chi connectivity index (χ2v) is 5.50. The average molecular weight is 249 g/mol. The van der Waals surface area contributed by atoms with Gasteiger partial charge in [-0.05, 0) is 69.2 Å². The van der Waals surface area contributed by atoms with E-state index in [1.165, 1.54) is 16.7 Å². The standard InChI is InChI=1S/C16H27NO/c1-6-18-16-10-12(3)15(9-13(16)4)8-11(2)7-14(5)17/h9-11,14H,6-8,17H2,1-5H3. The van der Waals surface area contributed by atoms with E-state index in [4.69, 9.17) is 10.5 Å². The minimum absolute atomic E-state index is 0.282. The average Bonchev–Trinajstić information content (AvgIpc) is 2.24. The molecule has 102 valence electrons. The Morgan fingerprint density at radius 3 is 2.39 bits per heavy atom. The van der Waals surface area contributed by atoms with Crippen molar-refractivity contribution in [2.75, 3.05) is 6.61 Å². The van der Waals surface area contributed by atoms with Crippen molar-refractivity contribution in [1.82, 2.24) is 0 Å². The summed E-state index contributed by atoms with van der Waals surface area (Å²) < 4.78 is 5.62. The summed E-state index contributed by atoms with van der Waals surface area (Å²) in [6, 6.07) is 4.70. The Bertz CT molecular complexity index is 385. The van der Waals surface area contributed by atoms with Crippen molar-refractivity contribution in [3.8, 4) is 5.75 Å². The summed E-state index contributed by atoms with van der Waals surface area (Å²) in [7, 11) is 0. The van der Waals surface area contributed by atoms with Crippen LogP contribution in [0.3, 0.4) is 0 Å². The molecular formula is C16H27NO. The number of ether oxygens (including phenoxy) is 1. The Morgan fingerprint density at radius 2 is 1.83 bits per heavy atom. The molecule has 0 radical (unpaired) electrons. The summed E-state index contributed by atoms with van der Waals surface area (Å²) in [6.45, 7) is 11.4. The minimum Gasteiger partial charge on any atom is -0.494 e. The van der Waals surface area contributed by atoms with Gasteiger partial charge >= 0.3 is 0 Å². The molecule has 0 spiro atoms. The number of hydrogen-bond donors (Lipinski definition) is 1. The Kier molecular flexibility index (Phi) is 5.67. The SMILES string of the molecule is CCOc1cc(C)c(CC(C)CC(C)N)cc1C. The van der Waals surface area contributed by atoms with Crippen LogP contribution in [0.1, 0.15) is 43.9 Å². The first kappa shape index (κ1) is 15.0. The molecule has 2 unspecified atom stereocenters. The van der Waals surface area contributed by atoms with Crippen molar-refractivity contribution in [1.29, 1.82) is 0 Å². The molecule has 0 bridgehead atoms. The topological polar surface area (TPSA) is 35.2 Å². The molecule has 1 rings (SSSR count). The van der Waals surface area contributed by atoms with Crippen molar-refractivity contribution in [2.24, 2.45) is 11.7 Å². The first-order chi connectivity index (χ1) is 8.43. The number of nitrogens with two attached hydrogens (primary N) is 1. The van der Waals surface area contributed by atoms with Gasteiger partial charge in [0, 0.05) is 6.04 Å². The van der Waals surface area contributed by atoms with Crippen LogP contribution in [0.5, 0.6) is 5.75 Å². The molecule has 0 saturated heterocycles. The fourth-order valence-corrected chi connectivity index (χ4v) is 2.47. The maximum absolute atomic E-state index is 5.86. The molecule has 0 heterocycles. The molecule has 2 N–H and O–H groups in total. The fourth-order valence-electron chi connectivity index (χ4n) is 2.47. The summed E-state index contributed by atoms with van der Waals surface area (Å²) in [4.78, 5) is 0. The largest absolute Gasteiger partial charge is 0.494 e. The van der Waals surface area contributed by atoms with Gasteiger partial charge in [-0.25, -0.2) is 0 Å². The lowest BCUT2D eigenvalue weighted by atomic mass is 9.92. The highest BCUT2D eigenvalue weighted by Crippen LogP contribution is 2.25. The smallest absolute Gasteiger partial charge is 0.122 e. The molecule has 0 aromatic heterocycles. The van der Waals surface area contributed by atoms with Gasteiger partial charge in [0.2, 0.25) is 0 Å². The van der Waals surface area contributed by atoms with Crippen LogP contribution in [-0.2, 0) is 6.42 Å². The van der Waals surface area contributed by atoms with Crippen molar-refractivity contribution in [2.45, 2.75) is 53.5 Å². The molecule has 1 aromatic rings. The quantitative estimate of drug-likeness (QED) is 0.835. The normalized spacial score (nSPS) is 14.3. The van der Waals surface area contributed by atoms with Gasteiger partial charge in [0.1, 0.15) is 5.75 Å². The lowest BCUT2D eigenvalue weighted by molar-refractivity contribution is 0.337. The summed E-state index contributed by atoms with van der Waals surface area (Å²) >= 11 is 0. The predicted octanol–water partition coefficient (Wildman–Crippen LogP) is 3.62. The van der Waals surface area contributed by atoms with E-state index in [2.05, 4.69) is 39.8 Å².